The van der Waals surface area contributed by atoms with E-state index in [1.54, 1.807) is 42.5 Å². The fraction of sp³-hybridized carbons (Fsp3) is 0.433. The molecule has 5 rings (SSSR count). The number of nitrogens with zero attached hydrogens (tertiary/aromatic N) is 5. The Labute approximate surface area is 234 Å². The van der Waals surface area contributed by atoms with Gasteiger partial charge in [0.2, 0.25) is 0 Å². The van der Waals surface area contributed by atoms with E-state index in [9.17, 15) is 9.90 Å². The molecular weight excluding hydrogens is 508 g/mol. The highest BCUT2D eigenvalue weighted by Gasteiger charge is 2.25. The highest BCUT2D eigenvalue weighted by atomic mass is 16.5. The molecule has 2 amide bonds. The van der Waals surface area contributed by atoms with Crippen LogP contribution < -0.4 is 19.7 Å². The van der Waals surface area contributed by atoms with Gasteiger partial charge in [-0.1, -0.05) is 0 Å². The zero-order chi connectivity index (χ0) is 27.9. The number of aromatic nitrogens is 1. The van der Waals surface area contributed by atoms with Crippen molar-refractivity contribution in [2.75, 3.05) is 69.7 Å². The maximum absolute atomic E-state index is 12.9. The fourth-order valence-corrected chi connectivity index (χ4v) is 5.43. The van der Waals surface area contributed by atoms with Gasteiger partial charge < -0.3 is 34.6 Å². The van der Waals surface area contributed by atoms with E-state index >= 15 is 0 Å². The number of fused-ring (bicyclic) bond motifs is 1. The third-order valence-corrected chi connectivity index (χ3v) is 7.59. The Kier molecular flexibility index (Phi) is 8.84. The van der Waals surface area contributed by atoms with Crippen molar-refractivity contribution in [2.45, 2.75) is 25.9 Å². The molecule has 0 unspecified atom stereocenters. The normalized spacial score (nSPS) is 15.7. The minimum absolute atomic E-state index is 0.144. The van der Waals surface area contributed by atoms with Crippen LogP contribution in [0.15, 0.2) is 42.6 Å². The van der Waals surface area contributed by atoms with E-state index in [4.69, 9.17) is 14.7 Å². The van der Waals surface area contributed by atoms with Gasteiger partial charge >= 0.3 is 6.03 Å². The number of hydrogen-bond donors (Lipinski definition) is 2. The first-order chi connectivity index (χ1) is 19.6. The molecule has 2 aliphatic heterocycles. The fourth-order valence-electron chi connectivity index (χ4n) is 5.43. The van der Waals surface area contributed by atoms with Crippen LogP contribution in [0.3, 0.4) is 0 Å². The first-order valence-corrected chi connectivity index (χ1v) is 13.9. The van der Waals surface area contributed by atoms with Crippen molar-refractivity contribution < 1.29 is 19.4 Å². The predicted octanol–water partition coefficient (Wildman–Crippen LogP) is 3.83. The van der Waals surface area contributed by atoms with Crippen molar-refractivity contribution in [2.24, 2.45) is 0 Å². The molecule has 1 aromatic heterocycles. The van der Waals surface area contributed by atoms with Crippen molar-refractivity contribution >= 4 is 28.3 Å². The molecule has 0 bridgehead atoms. The predicted molar refractivity (Wildman–Crippen MR) is 154 cm³/mol. The summed E-state index contributed by atoms with van der Waals surface area (Å²) < 4.78 is 11.8. The largest absolute Gasteiger partial charge is 0.493 e. The second kappa shape index (κ2) is 12.9. The quantitative estimate of drug-likeness (QED) is 0.391. The van der Waals surface area contributed by atoms with Gasteiger partial charge in [0.1, 0.15) is 0 Å². The summed E-state index contributed by atoms with van der Waals surface area (Å²) in [6.07, 6.45) is 5.23. The maximum Gasteiger partial charge on any atom is 0.321 e. The number of ether oxygens (including phenoxy) is 2. The van der Waals surface area contributed by atoms with Gasteiger partial charge in [0.15, 0.2) is 11.5 Å². The number of nitrogens with one attached hydrogen (secondary N) is 1. The van der Waals surface area contributed by atoms with Crippen LogP contribution in [0.1, 0.15) is 30.4 Å². The van der Waals surface area contributed by atoms with Crippen LogP contribution in [0.4, 0.5) is 16.2 Å². The SMILES string of the molecule is COc1cc2c(N3CCN(C(=O)Nc4ccc(C#N)cc4)CC3)c(CO)cnc2cc1OCCCN1CCCC1. The highest BCUT2D eigenvalue weighted by molar-refractivity contribution is 5.96. The first-order valence-electron chi connectivity index (χ1n) is 13.9. The molecule has 0 saturated carbocycles. The molecule has 2 aromatic carbocycles. The Morgan fingerprint density at radius 3 is 2.50 bits per heavy atom. The van der Waals surface area contributed by atoms with E-state index in [1.807, 2.05) is 12.1 Å². The molecule has 10 nitrogen and oxygen atoms in total. The molecular formula is C30H36N6O4. The number of aliphatic hydroxyl groups excluding tert-OH is 1. The lowest BCUT2D eigenvalue weighted by atomic mass is 10.1. The average molecular weight is 545 g/mol. The summed E-state index contributed by atoms with van der Waals surface area (Å²) in [4.78, 5) is 23.9. The molecule has 2 saturated heterocycles. The Hall–Kier alpha value is -4.07. The summed E-state index contributed by atoms with van der Waals surface area (Å²) in [5, 5.41) is 22.9. The number of carbonyl (C=O) groups is 1. The number of methoxy groups -OCH3 is 1. The van der Waals surface area contributed by atoms with Gasteiger partial charge in [0.25, 0.3) is 0 Å². The summed E-state index contributed by atoms with van der Waals surface area (Å²) in [5.41, 5.74) is 3.59. The molecule has 2 fully saturated rings. The zero-order valence-corrected chi connectivity index (χ0v) is 22.9. The van der Waals surface area contributed by atoms with E-state index in [-0.39, 0.29) is 12.6 Å². The van der Waals surface area contributed by atoms with Crippen LogP contribution in [0.25, 0.3) is 10.9 Å². The Morgan fingerprint density at radius 2 is 1.82 bits per heavy atom. The Balaban J connectivity index is 1.27. The molecule has 3 heterocycles. The van der Waals surface area contributed by atoms with Crippen LogP contribution in [0.2, 0.25) is 0 Å². The van der Waals surface area contributed by atoms with E-state index in [0.29, 0.717) is 55.5 Å². The van der Waals surface area contributed by atoms with Crippen molar-refractivity contribution in [1.82, 2.24) is 14.8 Å². The Bertz CT molecular complexity index is 1360. The minimum Gasteiger partial charge on any atom is -0.493 e. The van der Waals surface area contributed by atoms with Gasteiger partial charge in [-0.2, -0.15) is 5.26 Å². The monoisotopic (exact) mass is 544 g/mol. The maximum atomic E-state index is 12.9. The van der Waals surface area contributed by atoms with E-state index in [0.717, 1.165) is 35.1 Å². The van der Waals surface area contributed by atoms with Crippen LogP contribution in [0.5, 0.6) is 11.5 Å². The van der Waals surface area contributed by atoms with Crippen LogP contribution in [0, 0.1) is 11.3 Å². The molecule has 40 heavy (non-hydrogen) atoms. The summed E-state index contributed by atoms with van der Waals surface area (Å²) in [6, 6.07) is 12.6. The first kappa shape index (κ1) is 27.5. The molecule has 0 spiro atoms. The second-order valence-electron chi connectivity index (χ2n) is 10.2. The van der Waals surface area contributed by atoms with Crippen LogP contribution >= 0.6 is 0 Å². The number of pyridine rings is 1. The van der Waals surface area contributed by atoms with Gasteiger partial charge in [0.05, 0.1) is 43.2 Å². The lowest BCUT2D eigenvalue weighted by Gasteiger charge is -2.37. The molecule has 3 aromatic rings. The van der Waals surface area contributed by atoms with E-state index in [2.05, 4.69) is 26.2 Å². The molecule has 0 atom stereocenters. The van der Waals surface area contributed by atoms with Crippen LogP contribution in [-0.4, -0.2) is 85.5 Å². The second-order valence-corrected chi connectivity index (χ2v) is 10.2. The number of nitriles is 1. The molecule has 0 aliphatic carbocycles. The number of carbonyl (C=O) groups excluding carboxylic acids is 1. The van der Waals surface area contributed by atoms with Crippen molar-refractivity contribution in [3.8, 4) is 17.6 Å². The van der Waals surface area contributed by atoms with E-state index < -0.39 is 0 Å². The average Bonchev–Trinajstić information content (AvgIpc) is 3.52. The zero-order valence-electron chi connectivity index (χ0n) is 22.9. The number of amides is 2. The van der Waals surface area contributed by atoms with Crippen LogP contribution in [-0.2, 0) is 6.61 Å². The minimum atomic E-state index is -0.181. The van der Waals surface area contributed by atoms with Gasteiger partial charge in [-0.3, -0.25) is 4.98 Å². The number of urea groups is 1. The van der Waals surface area contributed by atoms with Crippen molar-refractivity contribution in [3.05, 3.63) is 53.7 Å². The van der Waals surface area contributed by atoms with Gasteiger partial charge in [-0.15, -0.1) is 0 Å². The number of hydrogen-bond acceptors (Lipinski definition) is 8. The summed E-state index contributed by atoms with van der Waals surface area (Å²) in [7, 11) is 1.63. The lowest BCUT2D eigenvalue weighted by molar-refractivity contribution is 0.208. The molecule has 2 aliphatic rings. The third-order valence-electron chi connectivity index (χ3n) is 7.59. The number of likely N-dealkylation sites (tertiary alicyclic amines) is 1. The smallest absolute Gasteiger partial charge is 0.321 e. The highest BCUT2D eigenvalue weighted by Crippen LogP contribution is 2.38. The third kappa shape index (κ3) is 6.22. The topological polar surface area (TPSA) is 114 Å². The lowest BCUT2D eigenvalue weighted by Crippen LogP contribution is -2.50. The number of aliphatic hydroxyl groups is 1. The number of anilines is 2. The number of rotatable bonds is 9. The Morgan fingerprint density at radius 1 is 1.07 bits per heavy atom. The number of piperazine rings is 1. The van der Waals surface area contributed by atoms with E-state index in [1.165, 1.54) is 25.9 Å². The molecule has 210 valence electrons. The van der Waals surface area contributed by atoms with Gasteiger partial charge in [0, 0.05) is 61.6 Å². The van der Waals surface area contributed by atoms with Crippen molar-refractivity contribution in [3.63, 3.8) is 0 Å². The summed E-state index contributed by atoms with van der Waals surface area (Å²) >= 11 is 0. The van der Waals surface area contributed by atoms with Crippen molar-refractivity contribution in [1.29, 1.82) is 5.26 Å². The summed E-state index contributed by atoms with van der Waals surface area (Å²) in [5.74, 6) is 1.29. The van der Waals surface area contributed by atoms with Gasteiger partial charge in [-0.25, -0.2) is 4.79 Å². The van der Waals surface area contributed by atoms with Gasteiger partial charge in [-0.05, 0) is 62.7 Å². The standard InChI is InChI=1S/C30H36N6O4/c1-39-27-17-25-26(18-28(27)40-16-4-11-34-9-2-3-10-34)32-20-23(21-37)29(25)35-12-14-36(15-13-35)30(38)33-24-7-5-22(19-31)6-8-24/h5-8,17-18,20,37H,2-4,9-16,21H2,1H3,(H,33,38). The number of benzene rings is 2. The molecule has 10 heteroatoms. The molecule has 2 N–H and O–H groups in total. The summed E-state index contributed by atoms with van der Waals surface area (Å²) in [6.45, 7) is 6.09. The molecule has 0 radical (unpaired) electrons.